The van der Waals surface area contributed by atoms with Gasteiger partial charge in [0.1, 0.15) is 0 Å². The van der Waals surface area contributed by atoms with Crippen molar-refractivity contribution in [1.82, 2.24) is 4.72 Å². The van der Waals surface area contributed by atoms with Crippen LogP contribution >= 0.6 is 0 Å². The lowest BCUT2D eigenvalue weighted by atomic mass is 10.1. The van der Waals surface area contributed by atoms with E-state index in [0.717, 1.165) is 5.56 Å². The van der Waals surface area contributed by atoms with Crippen molar-refractivity contribution in [2.45, 2.75) is 31.7 Å². The Balaban J connectivity index is 3.04. The Morgan fingerprint density at radius 1 is 1.32 bits per heavy atom. The highest BCUT2D eigenvalue weighted by atomic mass is 32.2. The minimum Gasteiger partial charge on any atom is -0.409 e. The number of hydrogen-bond donors (Lipinski definition) is 3. The molecule has 0 radical (unpaired) electrons. The number of amidine groups is 1. The van der Waals surface area contributed by atoms with Crippen molar-refractivity contribution in [3.8, 4) is 0 Å². The highest BCUT2D eigenvalue weighted by molar-refractivity contribution is 7.89. The second-order valence-corrected chi connectivity index (χ2v) is 6.39. The molecule has 0 fully saturated rings. The number of nitrogens with zero attached hydrogens (tertiary/aromatic N) is 1. The first kappa shape index (κ1) is 15.5. The van der Waals surface area contributed by atoms with Crippen molar-refractivity contribution in [3.05, 3.63) is 29.8 Å². The van der Waals surface area contributed by atoms with E-state index in [1.54, 1.807) is 26.0 Å². The maximum atomic E-state index is 12.2. The molecule has 0 saturated heterocycles. The number of sulfonamides is 1. The monoisotopic (exact) mass is 285 g/mol. The smallest absolute Gasteiger partial charge is 0.241 e. The third kappa shape index (κ3) is 3.93. The van der Waals surface area contributed by atoms with Crippen LogP contribution in [0.3, 0.4) is 0 Å². The number of aryl methyl sites for hydroxylation is 1. The summed E-state index contributed by atoms with van der Waals surface area (Å²) < 4.78 is 26.8. The summed E-state index contributed by atoms with van der Waals surface area (Å²) >= 11 is 0. The molecule has 1 unspecified atom stereocenters. The molecule has 106 valence electrons. The van der Waals surface area contributed by atoms with Gasteiger partial charge in [0.05, 0.1) is 10.9 Å². The minimum absolute atomic E-state index is 0.142. The van der Waals surface area contributed by atoms with Gasteiger partial charge < -0.3 is 10.9 Å². The van der Waals surface area contributed by atoms with Crippen LogP contribution in [0, 0.1) is 12.8 Å². The van der Waals surface area contributed by atoms with Crippen molar-refractivity contribution in [1.29, 1.82) is 0 Å². The Morgan fingerprint density at radius 2 is 1.84 bits per heavy atom. The molecule has 6 nitrogen and oxygen atoms in total. The van der Waals surface area contributed by atoms with Gasteiger partial charge in [-0.3, -0.25) is 0 Å². The van der Waals surface area contributed by atoms with Gasteiger partial charge in [-0.15, -0.1) is 0 Å². The van der Waals surface area contributed by atoms with Gasteiger partial charge in [-0.2, -0.15) is 0 Å². The van der Waals surface area contributed by atoms with Crippen LogP contribution in [0.25, 0.3) is 0 Å². The predicted octanol–water partition coefficient (Wildman–Crippen LogP) is 1.04. The maximum absolute atomic E-state index is 12.2. The van der Waals surface area contributed by atoms with Crippen LogP contribution in [0.1, 0.15) is 19.4 Å². The predicted molar refractivity (Wildman–Crippen MR) is 73.5 cm³/mol. The van der Waals surface area contributed by atoms with E-state index < -0.39 is 16.1 Å². The summed E-state index contributed by atoms with van der Waals surface area (Å²) in [6.07, 6.45) is 0. The first-order valence-corrected chi connectivity index (χ1v) is 7.32. The number of oxime groups is 1. The first-order valence-electron chi connectivity index (χ1n) is 5.84. The highest BCUT2D eigenvalue weighted by Crippen LogP contribution is 2.12. The lowest BCUT2D eigenvalue weighted by Gasteiger charge is -2.20. The zero-order valence-electron chi connectivity index (χ0n) is 11.2. The van der Waals surface area contributed by atoms with Crippen LogP contribution in [0.5, 0.6) is 0 Å². The van der Waals surface area contributed by atoms with Crippen molar-refractivity contribution in [2.75, 3.05) is 0 Å². The minimum atomic E-state index is -3.70. The molecule has 1 atom stereocenters. The van der Waals surface area contributed by atoms with E-state index >= 15 is 0 Å². The SMILES string of the molecule is Cc1ccc(S(=O)(=O)NC(C(N)=NO)C(C)C)cc1. The summed E-state index contributed by atoms with van der Waals surface area (Å²) in [5.41, 5.74) is 6.47. The summed E-state index contributed by atoms with van der Waals surface area (Å²) in [6, 6.07) is 5.70. The molecule has 1 aromatic carbocycles. The summed E-state index contributed by atoms with van der Waals surface area (Å²) in [5, 5.41) is 11.6. The topological polar surface area (TPSA) is 105 Å². The average molecular weight is 285 g/mol. The fourth-order valence-electron chi connectivity index (χ4n) is 1.55. The summed E-state index contributed by atoms with van der Waals surface area (Å²) in [7, 11) is -3.70. The van der Waals surface area contributed by atoms with Gasteiger partial charge in [0, 0.05) is 0 Å². The van der Waals surface area contributed by atoms with Crippen molar-refractivity contribution < 1.29 is 13.6 Å². The van der Waals surface area contributed by atoms with Crippen molar-refractivity contribution in [3.63, 3.8) is 0 Å². The van der Waals surface area contributed by atoms with E-state index in [1.165, 1.54) is 12.1 Å². The van der Waals surface area contributed by atoms with Crippen LogP contribution in [0.2, 0.25) is 0 Å². The van der Waals surface area contributed by atoms with Gasteiger partial charge >= 0.3 is 0 Å². The van der Waals surface area contributed by atoms with Crippen LogP contribution in [-0.2, 0) is 10.0 Å². The van der Waals surface area contributed by atoms with Gasteiger partial charge in [-0.05, 0) is 25.0 Å². The van der Waals surface area contributed by atoms with Crippen LogP contribution < -0.4 is 10.5 Å². The highest BCUT2D eigenvalue weighted by Gasteiger charge is 2.25. The van der Waals surface area contributed by atoms with Gasteiger partial charge in [0.2, 0.25) is 10.0 Å². The molecule has 0 aliphatic heterocycles. The number of nitrogens with one attached hydrogen (secondary N) is 1. The quantitative estimate of drug-likeness (QED) is 0.325. The molecule has 19 heavy (non-hydrogen) atoms. The standard InChI is InChI=1S/C12H19N3O3S/c1-8(2)11(12(13)14-16)15-19(17,18)10-6-4-9(3)5-7-10/h4-8,11,15-16H,1-3H3,(H2,13,14). The Kier molecular flexibility index (Phi) is 4.90. The molecule has 0 aliphatic rings. The van der Waals surface area contributed by atoms with E-state index in [2.05, 4.69) is 9.88 Å². The normalized spacial score (nSPS) is 14.6. The number of nitrogens with two attached hydrogens (primary N) is 1. The van der Waals surface area contributed by atoms with E-state index in [-0.39, 0.29) is 16.6 Å². The summed E-state index contributed by atoms with van der Waals surface area (Å²) in [4.78, 5) is 0.148. The van der Waals surface area contributed by atoms with Gasteiger partial charge in [0.25, 0.3) is 0 Å². The molecule has 0 amide bonds. The van der Waals surface area contributed by atoms with Gasteiger partial charge in [0.15, 0.2) is 5.84 Å². The Hall–Kier alpha value is -1.60. The molecular formula is C12H19N3O3S. The largest absolute Gasteiger partial charge is 0.409 e. The molecule has 0 heterocycles. The third-order valence-electron chi connectivity index (χ3n) is 2.71. The Labute approximate surface area is 113 Å². The van der Waals surface area contributed by atoms with E-state index in [0.29, 0.717) is 0 Å². The van der Waals surface area contributed by atoms with E-state index in [9.17, 15) is 8.42 Å². The molecule has 0 aliphatic carbocycles. The summed E-state index contributed by atoms with van der Waals surface area (Å²) in [6.45, 7) is 5.43. The third-order valence-corrected chi connectivity index (χ3v) is 4.17. The Morgan fingerprint density at radius 3 is 2.26 bits per heavy atom. The molecule has 0 saturated carbocycles. The van der Waals surface area contributed by atoms with E-state index in [1.807, 2.05) is 6.92 Å². The lowest BCUT2D eigenvalue weighted by Crippen LogP contribution is -2.47. The van der Waals surface area contributed by atoms with Gasteiger partial charge in [-0.25, -0.2) is 13.1 Å². The van der Waals surface area contributed by atoms with Crippen LogP contribution in [0.4, 0.5) is 0 Å². The van der Waals surface area contributed by atoms with Crippen molar-refractivity contribution >= 4 is 15.9 Å². The zero-order chi connectivity index (χ0) is 14.6. The second-order valence-electron chi connectivity index (χ2n) is 4.68. The molecule has 0 bridgehead atoms. The Bertz CT molecular complexity index is 550. The van der Waals surface area contributed by atoms with Crippen molar-refractivity contribution in [2.24, 2.45) is 16.8 Å². The number of rotatable bonds is 5. The average Bonchev–Trinajstić information content (AvgIpc) is 2.35. The zero-order valence-corrected chi connectivity index (χ0v) is 12.0. The number of benzene rings is 1. The first-order chi connectivity index (χ1) is 8.77. The second kappa shape index (κ2) is 6.03. The fourth-order valence-corrected chi connectivity index (χ4v) is 2.91. The molecular weight excluding hydrogens is 266 g/mol. The van der Waals surface area contributed by atoms with E-state index in [4.69, 9.17) is 10.9 Å². The number of hydrogen-bond acceptors (Lipinski definition) is 4. The van der Waals surface area contributed by atoms with Gasteiger partial charge in [-0.1, -0.05) is 36.7 Å². The molecule has 1 aromatic rings. The maximum Gasteiger partial charge on any atom is 0.241 e. The molecule has 0 spiro atoms. The van der Waals surface area contributed by atoms with Crippen LogP contribution in [0.15, 0.2) is 34.3 Å². The fraction of sp³-hybridized carbons (Fsp3) is 0.417. The molecule has 0 aromatic heterocycles. The summed E-state index contributed by atoms with van der Waals surface area (Å²) in [5.74, 6) is -0.304. The molecule has 7 heteroatoms. The molecule has 4 N–H and O–H groups in total. The lowest BCUT2D eigenvalue weighted by molar-refractivity contribution is 0.313. The molecule has 1 rings (SSSR count). The van der Waals surface area contributed by atoms with Crippen LogP contribution in [-0.4, -0.2) is 25.5 Å².